The van der Waals surface area contributed by atoms with Crippen molar-refractivity contribution >= 4 is 17.8 Å². The first-order valence-corrected chi connectivity index (χ1v) is 9.02. The van der Waals surface area contributed by atoms with Gasteiger partial charge in [0.2, 0.25) is 0 Å². The molecule has 5 heteroatoms. The van der Waals surface area contributed by atoms with E-state index < -0.39 is 5.41 Å². The minimum atomic E-state index is -0.549. The summed E-state index contributed by atoms with van der Waals surface area (Å²) in [7, 11) is 0. The summed E-state index contributed by atoms with van der Waals surface area (Å²) in [6, 6.07) is 0. The zero-order chi connectivity index (χ0) is 19.6. The molecule has 0 aromatic heterocycles. The number of hydrogen-bond donors (Lipinski definition) is 0. The van der Waals surface area contributed by atoms with Crippen molar-refractivity contribution in [3.63, 3.8) is 0 Å². The number of carbonyl (C=O) groups is 3. The lowest BCUT2D eigenvalue weighted by molar-refractivity contribution is -0.160. The molecular formula is C20H33NO4. The van der Waals surface area contributed by atoms with Crippen LogP contribution in [-0.4, -0.2) is 35.8 Å². The molecule has 0 aliphatic carbocycles. The van der Waals surface area contributed by atoms with Crippen molar-refractivity contribution in [1.82, 2.24) is 4.90 Å². The van der Waals surface area contributed by atoms with Gasteiger partial charge in [-0.2, -0.15) is 0 Å². The van der Waals surface area contributed by atoms with Gasteiger partial charge in [0.05, 0.1) is 12.0 Å². The molecule has 0 saturated carbocycles. The highest BCUT2D eigenvalue weighted by molar-refractivity contribution is 6.18. The van der Waals surface area contributed by atoms with Gasteiger partial charge in [-0.25, -0.2) is 0 Å². The van der Waals surface area contributed by atoms with E-state index in [1.165, 1.54) is 4.90 Å². The van der Waals surface area contributed by atoms with E-state index in [0.29, 0.717) is 17.6 Å². The molecule has 1 heterocycles. The zero-order valence-corrected chi connectivity index (χ0v) is 17.0. The number of esters is 1. The van der Waals surface area contributed by atoms with Gasteiger partial charge in [-0.3, -0.25) is 19.3 Å². The van der Waals surface area contributed by atoms with Crippen molar-refractivity contribution in [3.8, 4) is 0 Å². The highest BCUT2D eigenvalue weighted by Crippen LogP contribution is 2.40. The summed E-state index contributed by atoms with van der Waals surface area (Å²) in [5.74, 6) is -0.528. The molecule has 0 aromatic carbocycles. The van der Waals surface area contributed by atoms with E-state index in [0.717, 1.165) is 6.42 Å². The minimum Gasteiger partial charge on any atom is -0.465 e. The van der Waals surface area contributed by atoms with Gasteiger partial charge >= 0.3 is 5.97 Å². The molecule has 0 N–H and O–H groups in total. The number of nitrogens with zero attached hydrogens (tertiary/aromatic N) is 1. The smallest absolute Gasteiger partial charge is 0.312 e. The summed E-state index contributed by atoms with van der Waals surface area (Å²) in [6.45, 7) is 16.2. The fraction of sp³-hybridized carbons (Fsp3) is 0.750. The topological polar surface area (TPSA) is 63.7 Å². The first-order chi connectivity index (χ1) is 11.3. The summed E-state index contributed by atoms with van der Waals surface area (Å²) in [5, 5.41) is 0. The molecule has 5 nitrogen and oxygen atoms in total. The van der Waals surface area contributed by atoms with Gasteiger partial charge < -0.3 is 4.74 Å². The van der Waals surface area contributed by atoms with Gasteiger partial charge in [0, 0.05) is 17.7 Å². The van der Waals surface area contributed by atoms with Crippen LogP contribution in [-0.2, 0) is 19.1 Å². The lowest BCUT2D eigenvalue weighted by atomic mass is 9.69. The van der Waals surface area contributed by atoms with Crippen molar-refractivity contribution in [3.05, 3.63) is 11.1 Å². The standard InChI is InChI=1S/C20H33NO4/c1-13(2)20(8,12-19(5,6)7)18(24)25-11-9-10-21-16(22)14(3)15(4)17(21)23/h13H,9-12H2,1-8H3. The Balaban J connectivity index is 2.57. The predicted molar refractivity (Wildman–Crippen MR) is 97.7 cm³/mol. The third-order valence-corrected chi connectivity index (χ3v) is 5.09. The Kier molecular flexibility index (Phi) is 6.60. The van der Waals surface area contributed by atoms with Gasteiger partial charge in [0.1, 0.15) is 0 Å². The van der Waals surface area contributed by atoms with Crippen molar-refractivity contribution in [2.24, 2.45) is 16.7 Å². The fourth-order valence-electron chi connectivity index (χ4n) is 3.19. The van der Waals surface area contributed by atoms with E-state index in [2.05, 4.69) is 20.8 Å². The zero-order valence-electron chi connectivity index (χ0n) is 17.0. The Labute approximate surface area is 151 Å². The summed E-state index contributed by atoms with van der Waals surface area (Å²) in [6.07, 6.45) is 1.19. The molecule has 25 heavy (non-hydrogen) atoms. The van der Waals surface area contributed by atoms with E-state index in [-0.39, 0.29) is 42.3 Å². The highest BCUT2D eigenvalue weighted by Gasteiger charge is 2.41. The minimum absolute atomic E-state index is 0.0210. The largest absolute Gasteiger partial charge is 0.465 e. The van der Waals surface area contributed by atoms with Crippen molar-refractivity contribution in [1.29, 1.82) is 0 Å². The van der Waals surface area contributed by atoms with Gasteiger partial charge in [0.15, 0.2) is 0 Å². The van der Waals surface area contributed by atoms with Gasteiger partial charge in [-0.05, 0) is 44.9 Å². The number of amides is 2. The van der Waals surface area contributed by atoms with Crippen LogP contribution in [0.4, 0.5) is 0 Å². The van der Waals surface area contributed by atoms with Crippen LogP contribution in [0.25, 0.3) is 0 Å². The predicted octanol–water partition coefficient (Wildman–Crippen LogP) is 3.72. The van der Waals surface area contributed by atoms with E-state index in [1.807, 2.05) is 20.8 Å². The van der Waals surface area contributed by atoms with Crippen LogP contribution in [0.5, 0.6) is 0 Å². The summed E-state index contributed by atoms with van der Waals surface area (Å²) >= 11 is 0. The van der Waals surface area contributed by atoms with Crippen LogP contribution in [0.15, 0.2) is 11.1 Å². The molecule has 2 amide bonds. The van der Waals surface area contributed by atoms with Crippen molar-refractivity contribution in [2.45, 2.75) is 68.2 Å². The fourth-order valence-corrected chi connectivity index (χ4v) is 3.19. The van der Waals surface area contributed by atoms with E-state index in [1.54, 1.807) is 13.8 Å². The van der Waals surface area contributed by atoms with Crippen LogP contribution in [0, 0.1) is 16.7 Å². The molecule has 0 saturated heterocycles. The number of hydrogen-bond acceptors (Lipinski definition) is 4. The monoisotopic (exact) mass is 351 g/mol. The third-order valence-electron chi connectivity index (χ3n) is 5.09. The third kappa shape index (κ3) is 4.93. The van der Waals surface area contributed by atoms with Crippen LogP contribution < -0.4 is 0 Å². The molecular weight excluding hydrogens is 318 g/mol. The summed E-state index contributed by atoms with van der Waals surface area (Å²) in [4.78, 5) is 37.9. The number of imide groups is 1. The SMILES string of the molecule is CC1=C(C)C(=O)N(CCCOC(=O)C(C)(CC(C)(C)C)C(C)C)C1=O. The van der Waals surface area contributed by atoms with Crippen LogP contribution in [0.2, 0.25) is 0 Å². The maximum atomic E-state index is 12.6. The van der Waals surface area contributed by atoms with Gasteiger partial charge in [0.25, 0.3) is 11.8 Å². The Bertz CT molecular complexity index is 559. The molecule has 1 aliphatic heterocycles. The van der Waals surface area contributed by atoms with E-state index >= 15 is 0 Å². The maximum absolute atomic E-state index is 12.6. The van der Waals surface area contributed by atoms with Crippen LogP contribution in [0.1, 0.15) is 68.2 Å². The Hall–Kier alpha value is -1.65. The number of carbonyl (C=O) groups excluding carboxylic acids is 3. The molecule has 0 fully saturated rings. The lowest BCUT2D eigenvalue weighted by Gasteiger charge is -2.36. The van der Waals surface area contributed by atoms with Crippen molar-refractivity contribution in [2.75, 3.05) is 13.2 Å². The first-order valence-electron chi connectivity index (χ1n) is 9.02. The van der Waals surface area contributed by atoms with E-state index in [4.69, 9.17) is 4.74 Å². The van der Waals surface area contributed by atoms with Crippen molar-refractivity contribution < 1.29 is 19.1 Å². The Morgan fingerprint density at radius 3 is 1.92 bits per heavy atom. The lowest BCUT2D eigenvalue weighted by Crippen LogP contribution is -2.39. The second-order valence-electron chi connectivity index (χ2n) is 8.81. The van der Waals surface area contributed by atoms with Gasteiger partial charge in [-0.1, -0.05) is 34.6 Å². The second kappa shape index (κ2) is 7.71. The number of rotatable bonds is 7. The van der Waals surface area contributed by atoms with Crippen LogP contribution >= 0.6 is 0 Å². The normalized spacial score (nSPS) is 18.2. The molecule has 1 unspecified atom stereocenters. The Morgan fingerprint density at radius 1 is 1.04 bits per heavy atom. The number of ether oxygens (including phenoxy) is 1. The molecule has 0 radical (unpaired) electrons. The molecule has 0 spiro atoms. The average Bonchev–Trinajstić information content (AvgIpc) is 2.66. The molecule has 142 valence electrons. The van der Waals surface area contributed by atoms with Gasteiger partial charge in [-0.15, -0.1) is 0 Å². The molecule has 0 bridgehead atoms. The molecule has 0 aromatic rings. The Morgan fingerprint density at radius 2 is 1.52 bits per heavy atom. The maximum Gasteiger partial charge on any atom is 0.312 e. The molecule has 1 aliphatic rings. The summed E-state index contributed by atoms with van der Waals surface area (Å²) < 4.78 is 5.50. The second-order valence-corrected chi connectivity index (χ2v) is 8.81. The van der Waals surface area contributed by atoms with Crippen LogP contribution in [0.3, 0.4) is 0 Å². The molecule has 1 rings (SSSR count). The highest BCUT2D eigenvalue weighted by atomic mass is 16.5. The average molecular weight is 351 g/mol. The molecule has 1 atom stereocenters. The van der Waals surface area contributed by atoms with E-state index in [9.17, 15) is 14.4 Å². The quantitative estimate of drug-likeness (QED) is 0.398. The summed E-state index contributed by atoms with van der Waals surface area (Å²) in [5.41, 5.74) is 0.471. The first kappa shape index (κ1) is 21.4.